The van der Waals surface area contributed by atoms with Gasteiger partial charge in [0.2, 0.25) is 0 Å². The number of nitrogen functional groups attached to an aromatic ring is 1. The predicted molar refractivity (Wildman–Crippen MR) is 126 cm³/mol. The molecule has 2 aliphatic heterocycles. The molecule has 3 heterocycles. The van der Waals surface area contributed by atoms with E-state index in [-0.39, 0.29) is 16.9 Å². The van der Waals surface area contributed by atoms with E-state index in [0.717, 1.165) is 43.7 Å². The number of hydrogen-bond acceptors (Lipinski definition) is 7. The van der Waals surface area contributed by atoms with E-state index in [1.54, 1.807) is 19.2 Å². The molecule has 2 amide bonds. The van der Waals surface area contributed by atoms with Crippen LogP contribution in [0.15, 0.2) is 59.4 Å². The Kier molecular flexibility index (Phi) is 5.01. The van der Waals surface area contributed by atoms with E-state index in [9.17, 15) is 14.4 Å². The van der Waals surface area contributed by atoms with Gasteiger partial charge in [-0.15, -0.1) is 0 Å². The summed E-state index contributed by atoms with van der Waals surface area (Å²) in [5, 5.41) is 2.18. The summed E-state index contributed by atoms with van der Waals surface area (Å²) in [4.78, 5) is 41.1. The van der Waals surface area contributed by atoms with Crippen molar-refractivity contribution < 1.29 is 14.3 Å². The summed E-state index contributed by atoms with van der Waals surface area (Å²) >= 11 is 0. The molecular formula is C24H23N5O4. The van der Waals surface area contributed by atoms with Crippen molar-refractivity contribution in [3.63, 3.8) is 0 Å². The van der Waals surface area contributed by atoms with Gasteiger partial charge in [-0.3, -0.25) is 24.3 Å². The highest BCUT2D eigenvalue weighted by molar-refractivity contribution is 6.23. The normalized spacial score (nSPS) is 15.4. The standard InChI is InChI=1S/C24H23N5O4/c1-33-18-8-6-16(7-9-18)28-12-10-27(11-13-28)15-2-4-17(5-3-15)29-20(30)14-19-21(22(29)25)24(32)26-23(19)31/h2-9,14H,10-13,25H2,1H3,(H,26,31,32). The molecule has 9 nitrogen and oxygen atoms in total. The summed E-state index contributed by atoms with van der Waals surface area (Å²) in [6.45, 7) is 3.48. The van der Waals surface area contributed by atoms with Crippen LogP contribution in [0.4, 0.5) is 17.2 Å². The van der Waals surface area contributed by atoms with Crippen LogP contribution < -0.4 is 31.1 Å². The number of rotatable bonds is 4. The van der Waals surface area contributed by atoms with Crippen molar-refractivity contribution in [3.05, 3.63) is 76.1 Å². The summed E-state index contributed by atoms with van der Waals surface area (Å²) in [5.74, 6) is -0.391. The molecule has 0 spiro atoms. The lowest BCUT2D eigenvalue weighted by Gasteiger charge is -2.37. The van der Waals surface area contributed by atoms with Crippen molar-refractivity contribution in [3.8, 4) is 11.4 Å². The van der Waals surface area contributed by atoms with Gasteiger partial charge >= 0.3 is 0 Å². The Bertz CT molecular complexity index is 1290. The Hall–Kier alpha value is -4.27. The van der Waals surface area contributed by atoms with Crippen LogP contribution in [0.2, 0.25) is 0 Å². The summed E-state index contributed by atoms with van der Waals surface area (Å²) in [5.41, 5.74) is 8.45. The van der Waals surface area contributed by atoms with Crippen molar-refractivity contribution in [1.82, 2.24) is 9.88 Å². The summed E-state index contributed by atoms with van der Waals surface area (Å²) < 4.78 is 6.48. The fraction of sp³-hybridized carbons (Fsp3) is 0.208. The first-order valence-electron chi connectivity index (χ1n) is 10.6. The Morgan fingerprint density at radius 2 is 1.30 bits per heavy atom. The first kappa shape index (κ1) is 20.6. The molecule has 1 saturated heterocycles. The van der Waals surface area contributed by atoms with E-state index < -0.39 is 17.4 Å². The third kappa shape index (κ3) is 3.57. The minimum absolute atomic E-state index is 0.0186. The highest BCUT2D eigenvalue weighted by Gasteiger charge is 2.31. The van der Waals surface area contributed by atoms with Gasteiger partial charge in [-0.1, -0.05) is 0 Å². The quantitative estimate of drug-likeness (QED) is 0.588. The smallest absolute Gasteiger partial charge is 0.262 e. The van der Waals surface area contributed by atoms with E-state index in [1.165, 1.54) is 10.3 Å². The van der Waals surface area contributed by atoms with Crippen molar-refractivity contribution in [2.45, 2.75) is 0 Å². The van der Waals surface area contributed by atoms with Crippen molar-refractivity contribution in [2.24, 2.45) is 0 Å². The molecule has 168 valence electrons. The van der Waals surface area contributed by atoms with Crippen molar-refractivity contribution >= 4 is 29.0 Å². The molecule has 3 aromatic rings. The monoisotopic (exact) mass is 445 g/mol. The van der Waals surface area contributed by atoms with Gasteiger partial charge in [0.1, 0.15) is 11.6 Å². The van der Waals surface area contributed by atoms with Gasteiger partial charge < -0.3 is 20.3 Å². The second-order valence-corrected chi connectivity index (χ2v) is 7.96. The largest absolute Gasteiger partial charge is 0.497 e. The number of nitrogens with two attached hydrogens (primary N) is 1. The number of pyridine rings is 1. The van der Waals surface area contributed by atoms with Gasteiger partial charge in [-0.2, -0.15) is 0 Å². The van der Waals surface area contributed by atoms with Crippen molar-refractivity contribution in [2.75, 3.05) is 48.8 Å². The number of piperazine rings is 1. The molecule has 0 bridgehead atoms. The zero-order chi connectivity index (χ0) is 23.1. The number of nitrogens with one attached hydrogen (secondary N) is 1. The van der Waals surface area contributed by atoms with E-state index in [1.807, 2.05) is 24.3 Å². The van der Waals surface area contributed by atoms with Crippen LogP contribution in [-0.2, 0) is 0 Å². The second kappa shape index (κ2) is 8.01. The molecule has 0 radical (unpaired) electrons. The number of anilines is 3. The number of amides is 2. The van der Waals surface area contributed by atoms with Crippen LogP contribution in [0.1, 0.15) is 20.7 Å². The highest BCUT2D eigenvalue weighted by atomic mass is 16.5. The molecular weight excluding hydrogens is 422 g/mol. The number of hydrogen-bond donors (Lipinski definition) is 2. The molecule has 5 rings (SSSR count). The molecule has 3 N–H and O–H groups in total. The van der Waals surface area contributed by atoms with Crippen LogP contribution in [0.25, 0.3) is 5.69 Å². The zero-order valence-corrected chi connectivity index (χ0v) is 18.1. The van der Waals surface area contributed by atoms with E-state index in [0.29, 0.717) is 5.69 Å². The predicted octanol–water partition coefficient (Wildman–Crippen LogP) is 1.64. The Morgan fingerprint density at radius 1 is 0.788 bits per heavy atom. The number of benzene rings is 2. The lowest BCUT2D eigenvalue weighted by atomic mass is 10.1. The Balaban J connectivity index is 1.33. The Labute approximate surface area is 190 Å². The van der Waals surface area contributed by atoms with Gasteiger partial charge in [-0.25, -0.2) is 0 Å². The molecule has 2 aromatic carbocycles. The average molecular weight is 445 g/mol. The van der Waals surface area contributed by atoms with Gasteiger partial charge in [-0.05, 0) is 48.5 Å². The number of carbonyl (C=O) groups excluding carboxylic acids is 2. The van der Waals surface area contributed by atoms with Crippen LogP contribution in [0.3, 0.4) is 0 Å². The maximum Gasteiger partial charge on any atom is 0.262 e. The lowest BCUT2D eigenvalue weighted by molar-refractivity contribution is 0.0880. The topological polar surface area (TPSA) is 110 Å². The van der Waals surface area contributed by atoms with Crippen LogP contribution in [-0.4, -0.2) is 49.7 Å². The molecule has 0 atom stereocenters. The fourth-order valence-electron chi connectivity index (χ4n) is 4.37. The number of nitrogens with zero attached hydrogens (tertiary/aromatic N) is 3. The maximum absolute atomic E-state index is 12.6. The van der Waals surface area contributed by atoms with Gasteiger partial charge in [0, 0.05) is 43.6 Å². The molecule has 0 unspecified atom stereocenters. The van der Waals surface area contributed by atoms with Gasteiger partial charge in [0.05, 0.1) is 23.9 Å². The molecule has 1 fully saturated rings. The number of ether oxygens (including phenoxy) is 1. The lowest BCUT2D eigenvalue weighted by Crippen LogP contribution is -2.46. The molecule has 0 saturated carbocycles. The number of imide groups is 1. The summed E-state index contributed by atoms with van der Waals surface area (Å²) in [6, 6.07) is 16.7. The molecule has 33 heavy (non-hydrogen) atoms. The van der Waals surface area contributed by atoms with Crippen LogP contribution >= 0.6 is 0 Å². The minimum atomic E-state index is -0.602. The third-order valence-electron chi connectivity index (χ3n) is 6.14. The summed E-state index contributed by atoms with van der Waals surface area (Å²) in [7, 11) is 1.66. The SMILES string of the molecule is COc1ccc(N2CCN(c3ccc(-n4c(N)c5c(cc4=O)C(=O)NC5=O)cc3)CC2)cc1. The van der Waals surface area contributed by atoms with Crippen LogP contribution in [0, 0.1) is 0 Å². The summed E-state index contributed by atoms with van der Waals surface area (Å²) in [6.07, 6.45) is 0. The molecule has 0 aliphatic carbocycles. The van der Waals surface area contributed by atoms with Crippen LogP contribution in [0.5, 0.6) is 5.75 Å². The minimum Gasteiger partial charge on any atom is -0.497 e. The molecule has 1 aromatic heterocycles. The van der Waals surface area contributed by atoms with E-state index in [2.05, 4.69) is 27.2 Å². The van der Waals surface area contributed by atoms with E-state index in [4.69, 9.17) is 10.5 Å². The van der Waals surface area contributed by atoms with Gasteiger partial charge in [0.15, 0.2) is 0 Å². The number of aromatic nitrogens is 1. The van der Waals surface area contributed by atoms with Crippen molar-refractivity contribution in [1.29, 1.82) is 0 Å². The molecule has 9 heteroatoms. The zero-order valence-electron chi connectivity index (χ0n) is 18.1. The second-order valence-electron chi connectivity index (χ2n) is 7.96. The first-order valence-corrected chi connectivity index (χ1v) is 10.6. The third-order valence-corrected chi connectivity index (χ3v) is 6.14. The number of methoxy groups -OCH3 is 1. The average Bonchev–Trinajstić information content (AvgIpc) is 3.12. The first-order chi connectivity index (χ1) is 16.0. The highest BCUT2D eigenvalue weighted by Crippen LogP contribution is 2.26. The number of carbonyl (C=O) groups is 2. The number of fused-ring (bicyclic) bond motifs is 1. The fourth-order valence-corrected chi connectivity index (χ4v) is 4.37. The van der Waals surface area contributed by atoms with Gasteiger partial charge in [0.25, 0.3) is 17.4 Å². The Morgan fingerprint density at radius 3 is 1.85 bits per heavy atom. The maximum atomic E-state index is 12.6. The van der Waals surface area contributed by atoms with E-state index >= 15 is 0 Å². The molecule has 2 aliphatic rings.